The minimum atomic E-state index is -0.912. The van der Waals surface area contributed by atoms with Gasteiger partial charge in [-0.25, -0.2) is 9.78 Å². The highest BCUT2D eigenvalue weighted by Gasteiger charge is 2.15. The Hall–Kier alpha value is -1.07. The first-order valence-electron chi connectivity index (χ1n) is 6.20. The van der Waals surface area contributed by atoms with Gasteiger partial charge in [-0.2, -0.15) is 0 Å². The first-order valence-corrected chi connectivity index (χ1v) is 7.18. The summed E-state index contributed by atoms with van der Waals surface area (Å²) in [5, 5.41) is 9.63. The number of hydrogen-bond acceptors (Lipinski definition) is 4. The minimum absolute atomic E-state index is 0.291. The zero-order valence-corrected chi connectivity index (χ0v) is 11.0. The summed E-state index contributed by atoms with van der Waals surface area (Å²) in [5.74, 6) is -0.0262. The number of hydrogen-bond donors (Lipinski definition) is 1. The van der Waals surface area contributed by atoms with E-state index < -0.39 is 5.97 Å². The maximum Gasteiger partial charge on any atom is 0.338 e. The molecule has 0 aliphatic carbocycles. The fraction of sp³-hybridized carbons (Fsp3) is 0.538. The molecule has 5 heteroatoms. The number of carbonyl (C=O) groups is 1. The summed E-state index contributed by atoms with van der Waals surface area (Å²) in [6, 6.07) is 3.25. The molecule has 0 spiro atoms. The highest BCUT2D eigenvalue weighted by Crippen LogP contribution is 2.23. The summed E-state index contributed by atoms with van der Waals surface area (Å²) in [5.41, 5.74) is 0.291. The Kier molecular flexibility index (Phi) is 5.01. The summed E-state index contributed by atoms with van der Waals surface area (Å²) in [4.78, 5) is 15.1. The average molecular weight is 267 g/mol. The molecule has 1 aliphatic rings. The fourth-order valence-electron chi connectivity index (χ4n) is 2.02. The normalized spacial score (nSPS) is 19.0. The molecule has 1 aliphatic heterocycles. The van der Waals surface area contributed by atoms with Crippen molar-refractivity contribution in [3.8, 4) is 0 Å². The van der Waals surface area contributed by atoms with Gasteiger partial charge in [0.25, 0.3) is 0 Å². The molecule has 0 saturated carbocycles. The van der Waals surface area contributed by atoms with E-state index in [9.17, 15) is 4.79 Å². The molecule has 0 bridgehead atoms. The third kappa shape index (κ3) is 3.71. The molecule has 1 unspecified atom stereocenters. The van der Waals surface area contributed by atoms with E-state index in [0.29, 0.717) is 16.7 Å². The van der Waals surface area contributed by atoms with E-state index >= 15 is 0 Å². The molecular weight excluding hydrogens is 250 g/mol. The summed E-state index contributed by atoms with van der Waals surface area (Å²) in [6.45, 7) is 0.890. The SMILES string of the molecule is O=C(O)c1cccnc1SCCCC1CCCO1. The van der Waals surface area contributed by atoms with Crippen molar-refractivity contribution in [3.63, 3.8) is 0 Å². The molecule has 1 atom stereocenters. The number of aromatic carboxylic acids is 1. The zero-order valence-electron chi connectivity index (χ0n) is 10.2. The van der Waals surface area contributed by atoms with Crippen molar-refractivity contribution in [1.82, 2.24) is 4.98 Å². The number of ether oxygens (including phenoxy) is 1. The Morgan fingerprint density at radius 1 is 1.61 bits per heavy atom. The van der Waals surface area contributed by atoms with Crippen molar-refractivity contribution in [3.05, 3.63) is 23.9 Å². The molecule has 1 saturated heterocycles. The predicted molar refractivity (Wildman–Crippen MR) is 70.1 cm³/mol. The summed E-state index contributed by atoms with van der Waals surface area (Å²) in [6.07, 6.45) is 6.46. The van der Waals surface area contributed by atoms with Crippen LogP contribution < -0.4 is 0 Å². The van der Waals surface area contributed by atoms with Crippen molar-refractivity contribution in [2.24, 2.45) is 0 Å². The van der Waals surface area contributed by atoms with Gasteiger partial charge < -0.3 is 9.84 Å². The fourth-order valence-corrected chi connectivity index (χ4v) is 2.97. The Labute approximate surface area is 111 Å². The van der Waals surface area contributed by atoms with Crippen molar-refractivity contribution in [2.45, 2.75) is 36.8 Å². The summed E-state index contributed by atoms with van der Waals surface area (Å²) < 4.78 is 5.55. The summed E-state index contributed by atoms with van der Waals surface area (Å²) in [7, 11) is 0. The molecule has 1 N–H and O–H groups in total. The number of carboxylic acids is 1. The van der Waals surface area contributed by atoms with Gasteiger partial charge in [0, 0.05) is 12.8 Å². The van der Waals surface area contributed by atoms with E-state index in [-0.39, 0.29) is 0 Å². The molecule has 1 fully saturated rings. The van der Waals surface area contributed by atoms with Gasteiger partial charge in [-0.05, 0) is 43.6 Å². The van der Waals surface area contributed by atoms with E-state index in [2.05, 4.69) is 4.98 Å². The monoisotopic (exact) mass is 267 g/mol. The lowest BCUT2D eigenvalue weighted by molar-refractivity contribution is 0.0692. The second-order valence-corrected chi connectivity index (χ2v) is 5.37. The molecule has 18 heavy (non-hydrogen) atoms. The third-order valence-corrected chi connectivity index (χ3v) is 4.03. The van der Waals surface area contributed by atoms with Crippen LogP contribution in [0.2, 0.25) is 0 Å². The molecule has 0 radical (unpaired) electrons. The van der Waals surface area contributed by atoms with Crippen molar-refractivity contribution < 1.29 is 14.6 Å². The molecule has 0 aromatic carbocycles. The second-order valence-electron chi connectivity index (χ2n) is 4.29. The lowest BCUT2D eigenvalue weighted by Crippen LogP contribution is -2.05. The average Bonchev–Trinajstić information content (AvgIpc) is 2.88. The largest absolute Gasteiger partial charge is 0.478 e. The first kappa shape index (κ1) is 13.4. The van der Waals surface area contributed by atoms with Crippen LogP contribution in [0, 0.1) is 0 Å². The van der Waals surface area contributed by atoms with E-state index in [1.54, 1.807) is 18.3 Å². The molecular formula is C13H17NO3S. The Morgan fingerprint density at radius 2 is 2.50 bits per heavy atom. The molecule has 98 valence electrons. The highest BCUT2D eigenvalue weighted by atomic mass is 32.2. The standard InChI is InChI=1S/C13H17NO3S/c15-13(16)11-6-1-7-14-12(11)18-9-3-5-10-4-2-8-17-10/h1,6-7,10H,2-5,8-9H2,(H,15,16). The first-order chi connectivity index (χ1) is 8.77. The van der Waals surface area contributed by atoms with E-state index in [1.807, 2.05) is 0 Å². The zero-order chi connectivity index (χ0) is 12.8. The number of rotatable bonds is 6. The predicted octanol–water partition coefficient (Wildman–Crippen LogP) is 2.83. The van der Waals surface area contributed by atoms with Crippen LogP contribution in [0.1, 0.15) is 36.0 Å². The van der Waals surface area contributed by atoms with Gasteiger partial charge in [0.05, 0.1) is 11.7 Å². The van der Waals surface area contributed by atoms with Crippen molar-refractivity contribution in [1.29, 1.82) is 0 Å². The second kappa shape index (κ2) is 6.75. The Balaban J connectivity index is 1.77. The topological polar surface area (TPSA) is 59.4 Å². The number of thioether (sulfide) groups is 1. The van der Waals surface area contributed by atoms with Crippen LogP contribution >= 0.6 is 11.8 Å². The van der Waals surface area contributed by atoms with E-state index in [1.165, 1.54) is 18.2 Å². The number of nitrogens with zero attached hydrogens (tertiary/aromatic N) is 1. The van der Waals surface area contributed by atoms with Gasteiger partial charge in [-0.15, -0.1) is 11.8 Å². The number of aromatic nitrogens is 1. The van der Waals surface area contributed by atoms with Gasteiger partial charge in [-0.1, -0.05) is 0 Å². The van der Waals surface area contributed by atoms with Gasteiger partial charge in [-0.3, -0.25) is 0 Å². The quantitative estimate of drug-likeness (QED) is 0.634. The van der Waals surface area contributed by atoms with Gasteiger partial charge >= 0.3 is 5.97 Å². The molecule has 2 rings (SSSR count). The van der Waals surface area contributed by atoms with Crippen LogP contribution in [-0.2, 0) is 4.74 Å². The van der Waals surface area contributed by atoms with Crippen molar-refractivity contribution >= 4 is 17.7 Å². The van der Waals surface area contributed by atoms with Gasteiger partial charge in [0.2, 0.25) is 0 Å². The summed E-state index contributed by atoms with van der Waals surface area (Å²) >= 11 is 1.51. The van der Waals surface area contributed by atoms with Crippen LogP contribution in [0.15, 0.2) is 23.4 Å². The van der Waals surface area contributed by atoms with Crippen LogP contribution in [0.3, 0.4) is 0 Å². The van der Waals surface area contributed by atoms with Crippen LogP contribution in [0.4, 0.5) is 0 Å². The molecule has 0 amide bonds. The number of pyridine rings is 1. The molecule has 4 nitrogen and oxygen atoms in total. The van der Waals surface area contributed by atoms with Gasteiger partial charge in [0.15, 0.2) is 0 Å². The highest BCUT2D eigenvalue weighted by molar-refractivity contribution is 7.99. The number of carboxylic acid groups (broad SMARTS) is 1. The van der Waals surface area contributed by atoms with Gasteiger partial charge in [0.1, 0.15) is 5.03 Å². The molecule has 2 heterocycles. The van der Waals surface area contributed by atoms with Crippen LogP contribution in [-0.4, -0.2) is 34.5 Å². The van der Waals surface area contributed by atoms with Crippen LogP contribution in [0.5, 0.6) is 0 Å². The lowest BCUT2D eigenvalue weighted by Gasteiger charge is -2.08. The Morgan fingerprint density at radius 3 is 3.22 bits per heavy atom. The third-order valence-electron chi connectivity index (χ3n) is 2.93. The minimum Gasteiger partial charge on any atom is -0.478 e. The molecule has 1 aromatic heterocycles. The van der Waals surface area contributed by atoms with E-state index in [0.717, 1.165) is 31.6 Å². The van der Waals surface area contributed by atoms with Crippen molar-refractivity contribution in [2.75, 3.05) is 12.4 Å². The maximum absolute atomic E-state index is 11.0. The lowest BCUT2D eigenvalue weighted by atomic mass is 10.1. The molecule has 1 aromatic rings. The van der Waals surface area contributed by atoms with Crippen LogP contribution in [0.25, 0.3) is 0 Å². The smallest absolute Gasteiger partial charge is 0.338 e. The Bertz CT molecular complexity index is 405. The van der Waals surface area contributed by atoms with E-state index in [4.69, 9.17) is 9.84 Å². The maximum atomic E-state index is 11.0.